The van der Waals surface area contributed by atoms with E-state index in [0.29, 0.717) is 11.5 Å². The van der Waals surface area contributed by atoms with Gasteiger partial charge >= 0.3 is 0 Å². The maximum absolute atomic E-state index is 14.5. The molecule has 2 aromatic rings. The lowest BCUT2D eigenvalue weighted by atomic mass is 9.77. The quantitative estimate of drug-likeness (QED) is 0.485. The number of rotatable bonds is 4. The highest BCUT2D eigenvalue weighted by Gasteiger charge is 2.22. The Kier molecular flexibility index (Phi) is 6.69. The van der Waals surface area contributed by atoms with Crippen molar-refractivity contribution in [3.05, 3.63) is 65.0 Å². The Morgan fingerprint density at radius 2 is 1.73 bits per heavy atom. The zero-order chi connectivity index (χ0) is 18.4. The van der Waals surface area contributed by atoms with Gasteiger partial charge in [-0.05, 0) is 67.3 Å². The van der Waals surface area contributed by atoms with Crippen molar-refractivity contribution < 1.29 is 4.39 Å². The third kappa shape index (κ3) is 4.86. The van der Waals surface area contributed by atoms with Crippen molar-refractivity contribution in [2.75, 3.05) is 0 Å². The fourth-order valence-electron chi connectivity index (χ4n) is 3.94. The summed E-state index contributed by atoms with van der Waals surface area (Å²) in [6, 6.07) is 13.9. The first kappa shape index (κ1) is 18.9. The third-order valence-electron chi connectivity index (χ3n) is 5.52. The molecule has 134 valence electrons. The second kappa shape index (κ2) is 9.19. The van der Waals surface area contributed by atoms with E-state index in [1.165, 1.54) is 43.7 Å². The van der Waals surface area contributed by atoms with Crippen LogP contribution in [0.25, 0.3) is 0 Å². The summed E-state index contributed by atoms with van der Waals surface area (Å²) in [5.74, 6) is 7.30. The smallest absolute Gasteiger partial charge is 0.139 e. The summed E-state index contributed by atoms with van der Waals surface area (Å²) >= 11 is 0. The van der Waals surface area contributed by atoms with Crippen LogP contribution in [0.4, 0.5) is 4.39 Å². The van der Waals surface area contributed by atoms with E-state index in [9.17, 15) is 4.39 Å². The Balaban J connectivity index is 1.67. The van der Waals surface area contributed by atoms with E-state index >= 15 is 0 Å². The summed E-state index contributed by atoms with van der Waals surface area (Å²) in [5.41, 5.74) is 2.58. The monoisotopic (exact) mass is 362 g/mol. The van der Waals surface area contributed by atoms with Crippen LogP contribution in [0.1, 0.15) is 68.1 Å². The van der Waals surface area contributed by atoms with Gasteiger partial charge in [0.1, 0.15) is 5.82 Å². The molecule has 0 aliphatic heterocycles. The molecule has 0 nitrogen and oxygen atoms in total. The van der Waals surface area contributed by atoms with Crippen molar-refractivity contribution in [1.29, 1.82) is 0 Å². The van der Waals surface area contributed by atoms with E-state index in [-0.39, 0.29) is 5.82 Å². The minimum atomic E-state index is -0.183. The molecule has 0 saturated heterocycles. The molecule has 26 heavy (non-hydrogen) atoms. The summed E-state index contributed by atoms with van der Waals surface area (Å²) < 4.78 is 14.5. The van der Waals surface area contributed by atoms with E-state index in [1.807, 2.05) is 18.2 Å². The van der Waals surface area contributed by atoms with Crippen molar-refractivity contribution in [2.24, 2.45) is 5.92 Å². The maximum Gasteiger partial charge on any atom is 0.139 e. The second-order valence-electron chi connectivity index (χ2n) is 7.32. The van der Waals surface area contributed by atoms with Crippen LogP contribution in [-0.4, -0.2) is 9.52 Å². The molecule has 1 aliphatic rings. The van der Waals surface area contributed by atoms with Crippen molar-refractivity contribution in [2.45, 2.75) is 57.9 Å². The van der Waals surface area contributed by atoms with Crippen LogP contribution in [0.2, 0.25) is 6.55 Å². The Labute approximate surface area is 160 Å². The first-order chi connectivity index (χ1) is 12.7. The van der Waals surface area contributed by atoms with Gasteiger partial charge in [0.05, 0.1) is 15.1 Å². The Morgan fingerprint density at radius 3 is 2.35 bits per heavy atom. The lowest BCUT2D eigenvalue weighted by Gasteiger charge is -2.28. The predicted molar refractivity (Wildman–Crippen MR) is 110 cm³/mol. The summed E-state index contributed by atoms with van der Waals surface area (Å²) in [7, 11) is 0.789. The molecule has 0 N–H and O–H groups in total. The number of benzene rings is 2. The highest BCUT2D eigenvalue weighted by molar-refractivity contribution is 6.51. The van der Waals surface area contributed by atoms with Crippen molar-refractivity contribution >= 4 is 14.7 Å². The molecule has 1 fully saturated rings. The van der Waals surface area contributed by atoms with Gasteiger partial charge in [-0.1, -0.05) is 61.5 Å². The predicted octanol–water partition coefficient (Wildman–Crippen LogP) is 5.68. The molecule has 0 bridgehead atoms. The average Bonchev–Trinajstić information content (AvgIpc) is 2.68. The van der Waals surface area contributed by atoms with Crippen molar-refractivity contribution in [3.63, 3.8) is 0 Å². The minimum Gasteiger partial charge on any atom is -0.206 e. The zero-order valence-corrected chi connectivity index (χ0v) is 16.8. The highest BCUT2D eigenvalue weighted by Crippen LogP contribution is 2.37. The Bertz CT molecular complexity index is 774. The number of hydrogen-bond donors (Lipinski definition) is 0. The van der Waals surface area contributed by atoms with Crippen LogP contribution in [0.5, 0.6) is 0 Å². The largest absolute Gasteiger partial charge is 0.206 e. The van der Waals surface area contributed by atoms with Gasteiger partial charge in [-0.15, -0.1) is 0 Å². The summed E-state index contributed by atoms with van der Waals surface area (Å²) in [4.78, 5) is 0. The molecular weight excluding hydrogens is 335 g/mol. The van der Waals surface area contributed by atoms with Gasteiger partial charge in [-0.25, -0.2) is 4.39 Å². The van der Waals surface area contributed by atoms with Crippen LogP contribution >= 0.6 is 0 Å². The standard InChI is InChI=1S/C24H27FSi/c1-3-4-18-5-10-20(11-6-18)22-14-13-21(24(25)17-22)12-7-19-8-15-23(26-2)16-9-19/h8-9,13-18,20H,3-6,10-11H2,1-2H3. The van der Waals surface area contributed by atoms with Gasteiger partial charge < -0.3 is 0 Å². The van der Waals surface area contributed by atoms with Crippen LogP contribution in [-0.2, 0) is 0 Å². The first-order valence-corrected chi connectivity index (χ1v) is 11.3. The van der Waals surface area contributed by atoms with Gasteiger partial charge in [-0.2, -0.15) is 0 Å². The van der Waals surface area contributed by atoms with E-state index in [4.69, 9.17) is 0 Å². The molecule has 1 saturated carbocycles. The summed E-state index contributed by atoms with van der Waals surface area (Å²) in [6.07, 6.45) is 7.58. The van der Waals surface area contributed by atoms with Crippen LogP contribution < -0.4 is 5.19 Å². The summed E-state index contributed by atoms with van der Waals surface area (Å²) in [6.45, 7) is 4.42. The molecule has 0 spiro atoms. The van der Waals surface area contributed by atoms with E-state index in [2.05, 4.69) is 43.5 Å². The molecule has 0 heterocycles. The van der Waals surface area contributed by atoms with E-state index in [1.54, 1.807) is 6.07 Å². The summed E-state index contributed by atoms with van der Waals surface area (Å²) in [5, 5.41) is 1.32. The Hall–Kier alpha value is -1.85. The fraction of sp³-hybridized carbons (Fsp3) is 0.417. The molecule has 2 radical (unpaired) electrons. The molecule has 0 atom stereocenters. The lowest BCUT2D eigenvalue weighted by molar-refractivity contribution is 0.308. The van der Waals surface area contributed by atoms with Gasteiger partial charge in [0.15, 0.2) is 0 Å². The van der Waals surface area contributed by atoms with Crippen LogP contribution in [0, 0.1) is 23.6 Å². The topological polar surface area (TPSA) is 0 Å². The normalized spacial score (nSPS) is 19.7. The second-order valence-corrected chi connectivity index (χ2v) is 8.40. The molecule has 0 amide bonds. The molecule has 0 aromatic heterocycles. The molecule has 2 heteroatoms. The maximum atomic E-state index is 14.5. The van der Waals surface area contributed by atoms with E-state index < -0.39 is 0 Å². The number of hydrogen-bond acceptors (Lipinski definition) is 0. The van der Waals surface area contributed by atoms with Crippen molar-refractivity contribution in [1.82, 2.24) is 0 Å². The third-order valence-corrected chi connectivity index (χ3v) is 6.43. The molecule has 1 aliphatic carbocycles. The SMILES string of the molecule is CCCC1CCC(c2ccc(C#Cc3ccc([Si]C)cc3)c(F)c2)CC1. The molecular formula is C24H27FSi. The van der Waals surface area contributed by atoms with Gasteiger partial charge in [0.25, 0.3) is 0 Å². The van der Waals surface area contributed by atoms with Gasteiger partial charge in [0, 0.05) is 5.56 Å². The molecule has 3 rings (SSSR count). The first-order valence-electron chi connectivity index (χ1n) is 9.79. The molecule has 2 aromatic carbocycles. The lowest BCUT2D eigenvalue weighted by Crippen LogP contribution is -2.13. The zero-order valence-electron chi connectivity index (χ0n) is 15.8. The highest BCUT2D eigenvalue weighted by atomic mass is 28.2. The minimum absolute atomic E-state index is 0.183. The fourth-order valence-corrected chi connectivity index (χ4v) is 4.44. The van der Waals surface area contributed by atoms with E-state index in [0.717, 1.165) is 26.6 Å². The Morgan fingerprint density at radius 1 is 1.00 bits per heavy atom. The average molecular weight is 363 g/mol. The van der Waals surface area contributed by atoms with Crippen molar-refractivity contribution in [3.8, 4) is 11.8 Å². The van der Waals surface area contributed by atoms with Gasteiger partial charge in [-0.3, -0.25) is 0 Å². The van der Waals surface area contributed by atoms with Crippen LogP contribution in [0.3, 0.4) is 0 Å². The van der Waals surface area contributed by atoms with Crippen LogP contribution in [0.15, 0.2) is 42.5 Å². The van der Waals surface area contributed by atoms with Gasteiger partial charge in [0.2, 0.25) is 0 Å². The number of halogens is 1. The molecule has 0 unspecified atom stereocenters.